The molecule has 0 aliphatic carbocycles. The van der Waals surface area contributed by atoms with Crippen molar-refractivity contribution < 1.29 is 24.2 Å². The lowest BCUT2D eigenvalue weighted by atomic mass is 9.71. The first-order valence-corrected chi connectivity index (χ1v) is 14.9. The molecule has 0 saturated carbocycles. The van der Waals surface area contributed by atoms with E-state index in [-0.39, 0.29) is 41.0 Å². The third-order valence-electron chi connectivity index (χ3n) is 7.62. The third kappa shape index (κ3) is 5.30. The highest BCUT2D eigenvalue weighted by atomic mass is 79.9. The molecular weight excluding hydrogens is 544 g/mol. The summed E-state index contributed by atoms with van der Waals surface area (Å²) in [4.78, 5) is 45.1. The highest BCUT2D eigenvalue weighted by Crippen LogP contribution is 2.68. The minimum atomic E-state index is -0.751. The number of hydrogen-bond acceptors (Lipinski definition) is 6. The van der Waals surface area contributed by atoms with Crippen LogP contribution in [-0.4, -0.2) is 85.9 Å². The van der Waals surface area contributed by atoms with Gasteiger partial charge in [-0.15, -0.1) is 18.3 Å². The number of ether oxygens (including phenoxy) is 1. The van der Waals surface area contributed by atoms with Gasteiger partial charge in [-0.25, -0.2) is 0 Å². The Morgan fingerprint density at radius 3 is 2.64 bits per heavy atom. The molecule has 7 atom stereocenters. The van der Waals surface area contributed by atoms with Gasteiger partial charge in [-0.05, 0) is 25.2 Å². The normalized spacial score (nSPS) is 31.4. The van der Waals surface area contributed by atoms with Crippen molar-refractivity contribution >= 4 is 45.5 Å². The largest absolute Gasteiger partial charge is 0.461 e. The van der Waals surface area contributed by atoms with Crippen molar-refractivity contribution in [1.82, 2.24) is 9.80 Å². The van der Waals surface area contributed by atoms with Gasteiger partial charge < -0.3 is 19.6 Å². The number of esters is 1. The number of rotatable bonds is 14. The van der Waals surface area contributed by atoms with E-state index in [1.165, 1.54) is 6.08 Å². The zero-order chi connectivity index (χ0) is 26.6. The van der Waals surface area contributed by atoms with Crippen LogP contribution < -0.4 is 0 Å². The summed E-state index contributed by atoms with van der Waals surface area (Å²) in [6.45, 7) is 14.5. The highest BCUT2D eigenvalue weighted by molar-refractivity contribution is 9.09. The van der Waals surface area contributed by atoms with Gasteiger partial charge in [0.25, 0.3) is 0 Å². The van der Waals surface area contributed by atoms with E-state index in [4.69, 9.17) is 4.74 Å². The van der Waals surface area contributed by atoms with E-state index >= 15 is 0 Å². The molecule has 2 bridgehead atoms. The SMILES string of the molecule is C=CCOC(=O)[C@H]1[C@@H]2SC3(CC2Br)C(C(=O)N(CC=C)CCCCC)N([C@@H](CO)CC(C)C)C(=O)[C@H]13. The van der Waals surface area contributed by atoms with Gasteiger partial charge in [0.05, 0.1) is 29.2 Å². The van der Waals surface area contributed by atoms with Crippen molar-refractivity contribution in [2.24, 2.45) is 17.8 Å². The van der Waals surface area contributed by atoms with E-state index in [1.807, 2.05) is 13.8 Å². The van der Waals surface area contributed by atoms with E-state index in [9.17, 15) is 19.5 Å². The lowest BCUT2D eigenvalue weighted by molar-refractivity contribution is -0.153. The molecular formula is C27H41BrN2O5S. The molecule has 1 N–H and O–H groups in total. The second kappa shape index (κ2) is 12.5. The van der Waals surface area contributed by atoms with Crippen molar-refractivity contribution in [1.29, 1.82) is 0 Å². The number of carbonyl (C=O) groups is 3. The number of fused-ring (bicyclic) bond motifs is 1. The molecule has 0 aromatic heterocycles. The number of aliphatic hydroxyl groups is 1. The Hall–Kier alpha value is -1.32. The van der Waals surface area contributed by atoms with Gasteiger partial charge in [0, 0.05) is 23.2 Å². The van der Waals surface area contributed by atoms with Crippen LogP contribution in [0.5, 0.6) is 0 Å². The van der Waals surface area contributed by atoms with E-state index in [0.717, 1.165) is 19.3 Å². The molecule has 2 amide bonds. The Balaban J connectivity index is 2.07. The molecule has 3 rings (SSSR count). The molecule has 3 aliphatic heterocycles. The van der Waals surface area contributed by atoms with Crippen LogP contribution in [-0.2, 0) is 19.1 Å². The number of aliphatic hydroxyl groups excluding tert-OH is 1. The van der Waals surface area contributed by atoms with Crippen LogP contribution in [0.2, 0.25) is 0 Å². The summed E-state index contributed by atoms with van der Waals surface area (Å²) in [5, 5.41) is 10.2. The topological polar surface area (TPSA) is 87.2 Å². The maximum atomic E-state index is 14.3. The molecule has 202 valence electrons. The number of likely N-dealkylation sites (tertiary alicyclic amines) is 1. The second-order valence-electron chi connectivity index (χ2n) is 10.6. The van der Waals surface area contributed by atoms with Gasteiger partial charge >= 0.3 is 5.97 Å². The molecule has 0 aromatic carbocycles. The van der Waals surface area contributed by atoms with Crippen LogP contribution in [0.3, 0.4) is 0 Å². The first kappa shape index (κ1) is 29.2. The van der Waals surface area contributed by atoms with Crippen LogP contribution in [0.4, 0.5) is 0 Å². The molecule has 3 saturated heterocycles. The van der Waals surface area contributed by atoms with Crippen LogP contribution in [0.15, 0.2) is 25.3 Å². The second-order valence-corrected chi connectivity index (χ2v) is 13.3. The molecule has 3 unspecified atom stereocenters. The summed E-state index contributed by atoms with van der Waals surface area (Å²) in [5.41, 5.74) is 0. The first-order valence-electron chi connectivity index (χ1n) is 13.1. The molecule has 0 radical (unpaired) electrons. The van der Waals surface area contributed by atoms with Crippen molar-refractivity contribution in [3.63, 3.8) is 0 Å². The summed E-state index contributed by atoms with van der Waals surface area (Å²) < 4.78 is 4.69. The summed E-state index contributed by atoms with van der Waals surface area (Å²) in [5.74, 6) is -1.83. The van der Waals surface area contributed by atoms with Crippen molar-refractivity contribution in [3.8, 4) is 0 Å². The Kier molecular flexibility index (Phi) is 10.1. The Morgan fingerprint density at radius 2 is 2.06 bits per heavy atom. The number of nitrogens with zero attached hydrogens (tertiary/aromatic N) is 2. The molecule has 3 fully saturated rings. The number of halogens is 1. The first-order chi connectivity index (χ1) is 17.2. The van der Waals surface area contributed by atoms with Crippen LogP contribution in [0.1, 0.15) is 52.9 Å². The molecule has 9 heteroatoms. The van der Waals surface area contributed by atoms with Gasteiger partial charge in [0.15, 0.2) is 0 Å². The molecule has 3 aliphatic rings. The fourth-order valence-corrected chi connectivity index (χ4v) is 9.82. The monoisotopic (exact) mass is 584 g/mol. The maximum absolute atomic E-state index is 14.3. The van der Waals surface area contributed by atoms with E-state index in [1.54, 1.807) is 27.6 Å². The fourth-order valence-electron chi connectivity index (χ4n) is 6.24. The van der Waals surface area contributed by atoms with Crippen molar-refractivity contribution in [3.05, 3.63) is 25.3 Å². The maximum Gasteiger partial charge on any atom is 0.311 e. The van der Waals surface area contributed by atoms with E-state index in [2.05, 4.69) is 36.0 Å². The zero-order valence-corrected chi connectivity index (χ0v) is 24.1. The molecule has 36 heavy (non-hydrogen) atoms. The number of unbranched alkanes of at least 4 members (excludes halogenated alkanes) is 2. The van der Waals surface area contributed by atoms with Crippen LogP contribution in [0.25, 0.3) is 0 Å². The number of alkyl halides is 1. The lowest BCUT2D eigenvalue weighted by Crippen LogP contribution is -2.58. The highest BCUT2D eigenvalue weighted by Gasteiger charge is 2.76. The molecule has 3 heterocycles. The molecule has 7 nitrogen and oxygen atoms in total. The smallest absolute Gasteiger partial charge is 0.311 e. The minimum absolute atomic E-state index is 0.0197. The molecule has 1 spiro atoms. The fraction of sp³-hybridized carbons (Fsp3) is 0.741. The Morgan fingerprint density at radius 1 is 1.33 bits per heavy atom. The van der Waals surface area contributed by atoms with Crippen molar-refractivity contribution in [2.45, 2.75) is 79.8 Å². The zero-order valence-electron chi connectivity index (χ0n) is 21.7. The quantitative estimate of drug-likeness (QED) is 0.145. The van der Waals surface area contributed by atoms with Gasteiger partial charge in [-0.2, -0.15) is 0 Å². The van der Waals surface area contributed by atoms with Crippen LogP contribution >= 0.6 is 27.7 Å². The number of carbonyl (C=O) groups excluding carboxylic acids is 3. The molecule has 0 aromatic rings. The summed E-state index contributed by atoms with van der Waals surface area (Å²) in [6.07, 6.45) is 7.33. The predicted octanol–water partition coefficient (Wildman–Crippen LogP) is 3.79. The summed E-state index contributed by atoms with van der Waals surface area (Å²) in [7, 11) is 0. The summed E-state index contributed by atoms with van der Waals surface area (Å²) in [6, 6.07) is -1.24. The Labute approximate surface area is 228 Å². The number of thioether (sulfide) groups is 1. The van der Waals surface area contributed by atoms with Crippen LogP contribution in [0, 0.1) is 17.8 Å². The van der Waals surface area contributed by atoms with Gasteiger partial charge in [0.2, 0.25) is 11.8 Å². The van der Waals surface area contributed by atoms with Crippen molar-refractivity contribution in [2.75, 3.05) is 26.3 Å². The number of hydrogen-bond donors (Lipinski definition) is 1. The summed E-state index contributed by atoms with van der Waals surface area (Å²) >= 11 is 5.36. The third-order valence-corrected chi connectivity index (χ3v) is 10.8. The van der Waals surface area contributed by atoms with E-state index < -0.39 is 34.6 Å². The lowest BCUT2D eigenvalue weighted by Gasteiger charge is -2.40. The van der Waals surface area contributed by atoms with Gasteiger partial charge in [-0.3, -0.25) is 14.4 Å². The van der Waals surface area contributed by atoms with Gasteiger partial charge in [-0.1, -0.05) is 68.3 Å². The minimum Gasteiger partial charge on any atom is -0.461 e. The van der Waals surface area contributed by atoms with E-state index in [0.29, 0.717) is 25.9 Å². The van der Waals surface area contributed by atoms with Gasteiger partial charge in [0.1, 0.15) is 12.6 Å². The average Bonchev–Trinajstić information content (AvgIpc) is 3.43. The standard InChI is InChI=1S/C27H41BrN2O5S/c1-6-9-10-12-29(11-7-2)25(33)23-27-15-19(28)22(36-27)20(26(34)35-13-8-3)21(27)24(32)30(23)18(16-31)14-17(4)5/h7-8,17-23,31H,2-3,6,9-16H2,1,4-5H3/t18-,19?,20-,21+,22-,23?,27?/m1/s1. The Bertz CT molecular complexity index is 854. The predicted molar refractivity (Wildman–Crippen MR) is 147 cm³/mol. The number of amides is 2. The average molecular weight is 586 g/mol.